The van der Waals surface area contributed by atoms with Crippen molar-refractivity contribution < 1.29 is 34.0 Å². The Morgan fingerprint density at radius 3 is 2.75 bits per heavy atom. The van der Waals surface area contributed by atoms with Crippen molar-refractivity contribution in [3.8, 4) is 0 Å². The molecule has 3 amide bonds. The van der Waals surface area contributed by atoms with Gasteiger partial charge in [-0.3, -0.25) is 19.2 Å². The highest BCUT2D eigenvalue weighted by atomic mass is 16.5. The molecule has 0 spiro atoms. The number of rotatable bonds is 5. The Labute approximate surface area is 161 Å². The summed E-state index contributed by atoms with van der Waals surface area (Å²) in [5.74, 6) is -2.10. The summed E-state index contributed by atoms with van der Waals surface area (Å²) in [7, 11) is 0.351. The molecule has 0 bridgehead atoms. The van der Waals surface area contributed by atoms with Crippen molar-refractivity contribution in [1.82, 2.24) is 15.1 Å². The van der Waals surface area contributed by atoms with Gasteiger partial charge in [0, 0.05) is 25.7 Å². The Bertz CT molecular complexity index is 831. The molecule has 3 rings (SSSR count). The van der Waals surface area contributed by atoms with Gasteiger partial charge in [-0.15, -0.1) is 0 Å². The summed E-state index contributed by atoms with van der Waals surface area (Å²) < 4.78 is 5.22. The van der Waals surface area contributed by atoms with Crippen LogP contribution in [0.5, 0.6) is 0 Å². The molecule has 1 saturated heterocycles. The molecule has 2 heterocycles. The Kier molecular flexibility index (Phi) is 5.66. The predicted molar refractivity (Wildman–Crippen MR) is 96.7 cm³/mol. The third kappa shape index (κ3) is 4.15. The van der Waals surface area contributed by atoms with E-state index in [1.54, 1.807) is 7.05 Å². The number of fused-ring (bicyclic) bond motifs is 1. The number of nitrogens with zero attached hydrogens (tertiary/aromatic N) is 2. The number of carbonyl (C=O) groups is 4. The van der Waals surface area contributed by atoms with E-state index < -0.39 is 25.1 Å². The summed E-state index contributed by atoms with van der Waals surface area (Å²) in [4.78, 5) is 50.0. The number of piperazine rings is 1. The van der Waals surface area contributed by atoms with Gasteiger partial charge in [0.25, 0.3) is 5.91 Å². The smallest absolute Gasteiger partial charge is 0.481 e. The lowest BCUT2D eigenvalue weighted by Crippen LogP contribution is -2.52. The molecule has 1 fully saturated rings. The number of nitrogens with one attached hydrogen (secondary N) is 1. The minimum absolute atomic E-state index is 0.0153. The maximum Gasteiger partial charge on any atom is 0.492 e. The molecule has 2 aliphatic rings. The second-order valence-electron chi connectivity index (χ2n) is 6.73. The van der Waals surface area contributed by atoms with E-state index in [4.69, 9.17) is 9.76 Å². The van der Waals surface area contributed by atoms with E-state index >= 15 is 0 Å². The number of carboxylic acid groups (broad SMARTS) is 1. The average Bonchev–Trinajstić information content (AvgIpc) is 2.96. The second kappa shape index (κ2) is 7.99. The number of likely N-dealkylation sites (N-methyl/N-ethyl adjacent to an activating group) is 1. The molecule has 0 radical (unpaired) electrons. The highest BCUT2D eigenvalue weighted by molar-refractivity contribution is 6.62. The van der Waals surface area contributed by atoms with Crippen LogP contribution >= 0.6 is 0 Å². The lowest BCUT2D eigenvalue weighted by atomic mass is 9.78. The fourth-order valence-corrected chi connectivity index (χ4v) is 3.18. The SMILES string of the molecule is CN1CCN(C(=O)CNC(=O)c2ccc3c(c2)B(O)O[C@H]3CC(=O)O)CC1=O. The van der Waals surface area contributed by atoms with Gasteiger partial charge >= 0.3 is 13.1 Å². The van der Waals surface area contributed by atoms with Crippen LogP contribution in [0.2, 0.25) is 0 Å². The molecule has 148 valence electrons. The number of aliphatic carboxylic acids is 1. The van der Waals surface area contributed by atoms with Gasteiger partial charge in [-0.25, -0.2) is 0 Å². The van der Waals surface area contributed by atoms with Crippen molar-refractivity contribution in [2.45, 2.75) is 12.5 Å². The molecule has 3 N–H and O–H groups in total. The van der Waals surface area contributed by atoms with Crippen LogP contribution in [0.1, 0.15) is 28.4 Å². The summed E-state index contributed by atoms with van der Waals surface area (Å²) in [5, 5.41) is 21.4. The van der Waals surface area contributed by atoms with Gasteiger partial charge in [-0.05, 0) is 23.2 Å². The lowest BCUT2D eigenvalue weighted by molar-refractivity contribution is -0.143. The van der Waals surface area contributed by atoms with Gasteiger partial charge in [0.1, 0.15) is 0 Å². The highest BCUT2D eigenvalue weighted by Gasteiger charge is 2.36. The first-order valence-corrected chi connectivity index (χ1v) is 8.75. The van der Waals surface area contributed by atoms with Crippen LogP contribution in [-0.4, -0.2) is 84.0 Å². The van der Waals surface area contributed by atoms with Crippen molar-refractivity contribution in [2.24, 2.45) is 0 Å². The fourth-order valence-electron chi connectivity index (χ4n) is 3.18. The first-order chi connectivity index (χ1) is 13.3. The number of carbonyl (C=O) groups excluding carboxylic acids is 3. The first kappa shape index (κ1) is 19.8. The third-order valence-electron chi connectivity index (χ3n) is 4.83. The van der Waals surface area contributed by atoms with E-state index in [2.05, 4.69) is 5.32 Å². The Morgan fingerprint density at radius 1 is 1.32 bits per heavy atom. The quantitative estimate of drug-likeness (QED) is 0.493. The van der Waals surface area contributed by atoms with Gasteiger partial charge < -0.3 is 29.9 Å². The van der Waals surface area contributed by atoms with Crippen LogP contribution < -0.4 is 10.8 Å². The minimum atomic E-state index is -1.31. The number of amides is 3. The van der Waals surface area contributed by atoms with Gasteiger partial charge in [-0.2, -0.15) is 0 Å². The van der Waals surface area contributed by atoms with Crippen LogP contribution in [0, 0.1) is 0 Å². The number of benzene rings is 1. The standard InChI is InChI=1S/C17H20BN3O7/c1-20-4-5-21(9-15(20)23)14(22)8-19-17(26)10-2-3-11-12(6-10)18(27)28-13(11)7-16(24)25/h2-3,6,13,27H,4-5,7-9H2,1H3,(H,19,26)(H,24,25)/t13-/m0/s1. The van der Waals surface area contributed by atoms with Gasteiger partial charge in [0.05, 0.1) is 25.6 Å². The van der Waals surface area contributed by atoms with Crippen LogP contribution in [0.25, 0.3) is 0 Å². The predicted octanol–water partition coefficient (Wildman–Crippen LogP) is -2.05. The van der Waals surface area contributed by atoms with Crippen molar-refractivity contribution in [3.05, 3.63) is 29.3 Å². The largest absolute Gasteiger partial charge is 0.492 e. The van der Waals surface area contributed by atoms with Crippen LogP contribution in [0.3, 0.4) is 0 Å². The molecule has 0 aliphatic carbocycles. The zero-order valence-electron chi connectivity index (χ0n) is 15.3. The third-order valence-corrected chi connectivity index (χ3v) is 4.83. The molecule has 1 aromatic carbocycles. The van der Waals surface area contributed by atoms with E-state index in [0.29, 0.717) is 24.1 Å². The Hall–Kier alpha value is -2.92. The summed E-state index contributed by atoms with van der Waals surface area (Å²) in [6, 6.07) is 4.43. The molecular formula is C17H20BN3O7. The highest BCUT2D eigenvalue weighted by Crippen LogP contribution is 2.27. The molecular weight excluding hydrogens is 369 g/mol. The van der Waals surface area contributed by atoms with Crippen molar-refractivity contribution in [2.75, 3.05) is 33.2 Å². The summed E-state index contributed by atoms with van der Waals surface area (Å²) in [6.45, 7) is 0.579. The van der Waals surface area contributed by atoms with E-state index in [1.165, 1.54) is 28.0 Å². The second-order valence-corrected chi connectivity index (χ2v) is 6.73. The van der Waals surface area contributed by atoms with Gasteiger partial charge in [-0.1, -0.05) is 6.07 Å². The number of hydrogen-bond donors (Lipinski definition) is 3. The molecule has 11 heteroatoms. The first-order valence-electron chi connectivity index (χ1n) is 8.75. The van der Waals surface area contributed by atoms with Crippen molar-refractivity contribution >= 4 is 36.3 Å². The lowest BCUT2D eigenvalue weighted by Gasteiger charge is -2.32. The molecule has 10 nitrogen and oxygen atoms in total. The summed E-state index contributed by atoms with van der Waals surface area (Å²) in [5.41, 5.74) is 1.05. The topological polar surface area (TPSA) is 136 Å². The van der Waals surface area contributed by atoms with Gasteiger partial charge in [0.15, 0.2) is 0 Å². The fraction of sp³-hybridized carbons (Fsp3) is 0.412. The maximum atomic E-state index is 12.3. The molecule has 1 aromatic rings. The normalized spacial score (nSPS) is 18.9. The monoisotopic (exact) mass is 389 g/mol. The Balaban J connectivity index is 1.61. The Morgan fingerprint density at radius 2 is 2.07 bits per heavy atom. The van der Waals surface area contributed by atoms with Crippen LogP contribution in [0.4, 0.5) is 0 Å². The molecule has 0 unspecified atom stereocenters. The van der Waals surface area contributed by atoms with E-state index in [1.807, 2.05) is 0 Å². The summed E-state index contributed by atoms with van der Waals surface area (Å²) >= 11 is 0. The zero-order chi connectivity index (χ0) is 20.4. The van der Waals surface area contributed by atoms with Crippen LogP contribution in [-0.2, 0) is 19.0 Å². The van der Waals surface area contributed by atoms with E-state index in [9.17, 15) is 24.2 Å². The number of carboxylic acids is 1. The van der Waals surface area contributed by atoms with Crippen LogP contribution in [0.15, 0.2) is 18.2 Å². The van der Waals surface area contributed by atoms with E-state index in [-0.39, 0.29) is 36.9 Å². The van der Waals surface area contributed by atoms with Crippen molar-refractivity contribution in [3.63, 3.8) is 0 Å². The molecule has 0 aromatic heterocycles. The van der Waals surface area contributed by atoms with E-state index in [0.717, 1.165) is 0 Å². The molecule has 2 aliphatic heterocycles. The van der Waals surface area contributed by atoms with Gasteiger partial charge in [0.2, 0.25) is 11.8 Å². The van der Waals surface area contributed by atoms with Crippen molar-refractivity contribution in [1.29, 1.82) is 0 Å². The average molecular weight is 389 g/mol. The maximum absolute atomic E-state index is 12.3. The molecule has 28 heavy (non-hydrogen) atoms. The molecule has 1 atom stereocenters. The minimum Gasteiger partial charge on any atom is -0.481 e. The molecule has 0 saturated carbocycles. The summed E-state index contributed by atoms with van der Waals surface area (Å²) in [6.07, 6.45) is -1.08. The zero-order valence-corrected chi connectivity index (χ0v) is 15.3. The number of hydrogen-bond acceptors (Lipinski definition) is 6.